The van der Waals surface area contributed by atoms with Crippen molar-refractivity contribution < 1.29 is 4.74 Å². The molecule has 2 N–H and O–H groups in total. The quantitative estimate of drug-likeness (QED) is 0.858. The van der Waals surface area contributed by atoms with Crippen molar-refractivity contribution >= 4 is 17.2 Å². The number of nitrogens with two attached hydrogens (primary N) is 1. The van der Waals surface area contributed by atoms with E-state index in [2.05, 4.69) is 16.0 Å². The molecule has 0 atom stereocenters. The van der Waals surface area contributed by atoms with Gasteiger partial charge < -0.3 is 10.5 Å². The summed E-state index contributed by atoms with van der Waals surface area (Å²) >= 11 is 4.91. The maximum absolute atomic E-state index is 5.69. The highest BCUT2D eigenvalue weighted by atomic mass is 32.1. The molecule has 0 fully saturated rings. The number of hydrogen-bond acceptors (Lipinski definition) is 4. The van der Waals surface area contributed by atoms with E-state index in [0.717, 1.165) is 11.1 Å². The molecule has 0 unspecified atom stereocenters. The maximum atomic E-state index is 5.69. The first-order chi connectivity index (χ1) is 8.56. The van der Waals surface area contributed by atoms with Gasteiger partial charge in [0.05, 0.1) is 0 Å². The first-order valence-corrected chi connectivity index (χ1v) is 5.84. The van der Waals surface area contributed by atoms with E-state index in [9.17, 15) is 0 Å². The molecule has 2 rings (SSSR count). The summed E-state index contributed by atoms with van der Waals surface area (Å²) in [6.45, 7) is 4.01. The number of aromatic nitrogens is 2. The lowest BCUT2D eigenvalue weighted by Gasteiger charge is -2.09. The molecule has 0 amide bonds. The van der Waals surface area contributed by atoms with Crippen molar-refractivity contribution in [2.75, 3.05) is 0 Å². The second-order valence-electron chi connectivity index (χ2n) is 4.00. The SMILES string of the molecule is Cc1cc(C)cc(Oc2nccnc2C(N)=S)c1. The van der Waals surface area contributed by atoms with Gasteiger partial charge in [0.25, 0.3) is 0 Å². The summed E-state index contributed by atoms with van der Waals surface area (Å²) in [5.41, 5.74) is 8.20. The fourth-order valence-corrected chi connectivity index (χ4v) is 1.81. The van der Waals surface area contributed by atoms with Crippen molar-refractivity contribution in [1.29, 1.82) is 0 Å². The van der Waals surface area contributed by atoms with Crippen molar-refractivity contribution in [2.24, 2.45) is 5.73 Å². The largest absolute Gasteiger partial charge is 0.437 e. The van der Waals surface area contributed by atoms with Gasteiger partial charge in [0.2, 0.25) is 5.88 Å². The van der Waals surface area contributed by atoms with Gasteiger partial charge in [-0.05, 0) is 37.1 Å². The normalized spacial score (nSPS) is 10.1. The molecule has 0 aliphatic carbocycles. The molecule has 0 aliphatic heterocycles. The van der Waals surface area contributed by atoms with Gasteiger partial charge in [-0.2, -0.15) is 0 Å². The minimum absolute atomic E-state index is 0.169. The number of aryl methyl sites for hydroxylation is 2. The summed E-state index contributed by atoms with van der Waals surface area (Å²) < 4.78 is 5.69. The Hall–Kier alpha value is -2.01. The van der Waals surface area contributed by atoms with Crippen molar-refractivity contribution in [2.45, 2.75) is 13.8 Å². The van der Waals surface area contributed by atoms with Gasteiger partial charge in [-0.1, -0.05) is 18.3 Å². The first kappa shape index (κ1) is 12.4. The Balaban J connectivity index is 2.37. The molecule has 0 radical (unpaired) electrons. The minimum atomic E-state index is 0.169. The molecular formula is C13H13N3OS. The molecule has 1 aromatic carbocycles. The van der Waals surface area contributed by atoms with Crippen LogP contribution in [0.1, 0.15) is 16.8 Å². The third-order valence-corrected chi connectivity index (χ3v) is 2.50. The lowest BCUT2D eigenvalue weighted by molar-refractivity contribution is 0.458. The second-order valence-corrected chi connectivity index (χ2v) is 4.44. The number of ether oxygens (including phenoxy) is 1. The van der Waals surface area contributed by atoms with Gasteiger partial charge >= 0.3 is 0 Å². The van der Waals surface area contributed by atoms with Gasteiger partial charge in [0, 0.05) is 12.4 Å². The van der Waals surface area contributed by atoms with Gasteiger partial charge in [-0.3, -0.25) is 0 Å². The third-order valence-electron chi connectivity index (χ3n) is 2.31. The molecule has 92 valence electrons. The number of thiocarbonyl (C=S) groups is 1. The predicted molar refractivity (Wildman–Crippen MR) is 73.9 cm³/mol. The monoisotopic (exact) mass is 259 g/mol. The number of benzene rings is 1. The fourth-order valence-electron chi connectivity index (χ4n) is 1.67. The number of rotatable bonds is 3. The van der Waals surface area contributed by atoms with Crippen LogP contribution in [0.15, 0.2) is 30.6 Å². The standard InChI is InChI=1S/C13H13N3OS/c1-8-5-9(2)7-10(6-8)17-13-11(12(14)18)15-3-4-16-13/h3-7H,1-2H3,(H2,14,18). The molecule has 2 aromatic rings. The van der Waals surface area contributed by atoms with Gasteiger partial charge in [-0.15, -0.1) is 0 Å². The smallest absolute Gasteiger partial charge is 0.248 e. The number of hydrogen-bond donors (Lipinski definition) is 1. The summed E-state index contributed by atoms with van der Waals surface area (Å²) in [7, 11) is 0. The van der Waals surface area contributed by atoms with Crippen LogP contribution in [0, 0.1) is 13.8 Å². The average molecular weight is 259 g/mol. The predicted octanol–water partition coefficient (Wildman–Crippen LogP) is 2.52. The van der Waals surface area contributed by atoms with Crippen LogP contribution >= 0.6 is 12.2 Å². The Morgan fingerprint density at radius 2 is 1.72 bits per heavy atom. The van der Waals surface area contributed by atoms with Crippen molar-refractivity contribution in [1.82, 2.24) is 9.97 Å². The highest BCUT2D eigenvalue weighted by Gasteiger charge is 2.10. The van der Waals surface area contributed by atoms with E-state index in [1.807, 2.05) is 26.0 Å². The zero-order chi connectivity index (χ0) is 13.1. The molecule has 1 aromatic heterocycles. The van der Waals surface area contributed by atoms with Crippen molar-refractivity contribution in [3.63, 3.8) is 0 Å². The van der Waals surface area contributed by atoms with Crippen LogP contribution < -0.4 is 10.5 Å². The van der Waals surface area contributed by atoms with E-state index < -0.39 is 0 Å². The third kappa shape index (κ3) is 2.81. The summed E-state index contributed by atoms with van der Waals surface area (Å²) in [5, 5.41) is 0. The van der Waals surface area contributed by atoms with E-state index in [1.165, 1.54) is 6.20 Å². The van der Waals surface area contributed by atoms with Crippen LogP contribution in [-0.4, -0.2) is 15.0 Å². The minimum Gasteiger partial charge on any atom is -0.437 e. The molecule has 4 nitrogen and oxygen atoms in total. The van der Waals surface area contributed by atoms with E-state index in [1.54, 1.807) is 6.20 Å². The molecule has 5 heteroatoms. The van der Waals surface area contributed by atoms with Crippen LogP contribution in [0.5, 0.6) is 11.6 Å². The van der Waals surface area contributed by atoms with Crippen molar-refractivity contribution in [3.8, 4) is 11.6 Å². The van der Waals surface area contributed by atoms with Crippen LogP contribution in [-0.2, 0) is 0 Å². The van der Waals surface area contributed by atoms with Gasteiger partial charge in [0.1, 0.15) is 10.7 Å². The summed E-state index contributed by atoms with van der Waals surface area (Å²) in [5.74, 6) is 1.03. The van der Waals surface area contributed by atoms with Crippen LogP contribution in [0.2, 0.25) is 0 Å². The second kappa shape index (κ2) is 5.10. The van der Waals surface area contributed by atoms with E-state index >= 15 is 0 Å². The lowest BCUT2D eigenvalue weighted by Crippen LogP contribution is -2.13. The van der Waals surface area contributed by atoms with Crippen LogP contribution in [0.4, 0.5) is 0 Å². The van der Waals surface area contributed by atoms with E-state index in [4.69, 9.17) is 22.7 Å². The molecule has 18 heavy (non-hydrogen) atoms. The van der Waals surface area contributed by atoms with Crippen LogP contribution in [0.3, 0.4) is 0 Å². The maximum Gasteiger partial charge on any atom is 0.248 e. The summed E-state index contributed by atoms with van der Waals surface area (Å²) in [6, 6.07) is 5.91. The molecule has 0 bridgehead atoms. The van der Waals surface area contributed by atoms with Gasteiger partial charge in [0.15, 0.2) is 5.69 Å². The van der Waals surface area contributed by atoms with Crippen molar-refractivity contribution in [3.05, 3.63) is 47.4 Å². The zero-order valence-electron chi connectivity index (χ0n) is 10.2. The highest BCUT2D eigenvalue weighted by Crippen LogP contribution is 2.23. The Morgan fingerprint density at radius 1 is 1.11 bits per heavy atom. The topological polar surface area (TPSA) is 61.0 Å². The molecule has 0 aliphatic rings. The fraction of sp³-hybridized carbons (Fsp3) is 0.154. The van der Waals surface area contributed by atoms with Gasteiger partial charge in [-0.25, -0.2) is 9.97 Å². The van der Waals surface area contributed by atoms with E-state index in [0.29, 0.717) is 17.3 Å². The lowest BCUT2D eigenvalue weighted by atomic mass is 10.1. The molecule has 1 heterocycles. The Labute approximate surface area is 111 Å². The van der Waals surface area contributed by atoms with Crippen LogP contribution in [0.25, 0.3) is 0 Å². The Morgan fingerprint density at radius 3 is 2.33 bits per heavy atom. The Bertz CT molecular complexity index is 578. The summed E-state index contributed by atoms with van der Waals surface area (Å²) in [4.78, 5) is 8.34. The molecule has 0 saturated heterocycles. The Kier molecular flexibility index (Phi) is 3.53. The molecular weight excluding hydrogens is 246 g/mol. The highest BCUT2D eigenvalue weighted by molar-refractivity contribution is 7.80. The molecule has 0 spiro atoms. The first-order valence-electron chi connectivity index (χ1n) is 5.43. The average Bonchev–Trinajstić information content (AvgIpc) is 2.27. The van der Waals surface area contributed by atoms with E-state index in [-0.39, 0.29) is 4.99 Å². The summed E-state index contributed by atoms with van der Waals surface area (Å²) in [6.07, 6.45) is 3.07. The number of nitrogens with zero attached hydrogens (tertiary/aromatic N) is 2. The zero-order valence-corrected chi connectivity index (χ0v) is 11.0. The molecule has 0 saturated carbocycles.